The number of methoxy groups -OCH3 is 1. The number of carbonyl (C=O) groups is 1. The number of hydrogen-bond donors (Lipinski definition) is 2. The summed E-state index contributed by atoms with van der Waals surface area (Å²) in [6.45, 7) is 0. The number of benzene rings is 2. The number of halogens is 4. The van der Waals surface area contributed by atoms with Gasteiger partial charge < -0.3 is 15.4 Å². The minimum Gasteiger partial charge on any atom is -0.495 e. The van der Waals surface area contributed by atoms with Crippen LogP contribution in [0.1, 0.15) is 34.4 Å². The molecule has 3 aromatic rings. The predicted octanol–water partition coefficient (Wildman–Crippen LogP) is 5.57. The molecule has 162 valence electrons. The molecule has 1 aromatic heterocycles. The Morgan fingerprint density at radius 1 is 1.23 bits per heavy atom. The predicted molar refractivity (Wildman–Crippen MR) is 113 cm³/mol. The zero-order valence-electron chi connectivity index (χ0n) is 16.3. The van der Waals surface area contributed by atoms with Crippen molar-refractivity contribution in [1.29, 1.82) is 0 Å². The molecular weight excluding hydrogens is 477 g/mol. The lowest BCUT2D eigenvalue weighted by Crippen LogP contribution is -2.36. The SMILES string of the molecule is COc1ccccc1NC(=O)c1cnn2c1N[C@H](c1ccc(Br)cc1)C[C@@H]2C(F)(F)F. The van der Waals surface area contributed by atoms with E-state index in [1.54, 1.807) is 48.5 Å². The summed E-state index contributed by atoms with van der Waals surface area (Å²) in [7, 11) is 1.46. The normalized spacial score (nSPS) is 18.1. The topological polar surface area (TPSA) is 68.2 Å². The number of ether oxygens (including phenoxy) is 1. The highest BCUT2D eigenvalue weighted by Gasteiger charge is 2.47. The molecule has 1 aliphatic rings. The number of fused-ring (bicyclic) bond motifs is 1. The molecule has 2 aromatic carbocycles. The van der Waals surface area contributed by atoms with E-state index in [4.69, 9.17) is 4.74 Å². The van der Waals surface area contributed by atoms with Gasteiger partial charge in [0.2, 0.25) is 0 Å². The molecule has 0 unspecified atom stereocenters. The lowest BCUT2D eigenvalue weighted by molar-refractivity contribution is -0.173. The highest BCUT2D eigenvalue weighted by atomic mass is 79.9. The van der Waals surface area contributed by atoms with E-state index >= 15 is 0 Å². The molecule has 1 amide bonds. The summed E-state index contributed by atoms with van der Waals surface area (Å²) in [6, 6.07) is 11.3. The Balaban J connectivity index is 1.69. The van der Waals surface area contributed by atoms with E-state index in [0.717, 1.165) is 15.4 Å². The van der Waals surface area contributed by atoms with Crippen molar-refractivity contribution in [2.24, 2.45) is 0 Å². The van der Waals surface area contributed by atoms with Crippen molar-refractivity contribution in [2.45, 2.75) is 24.7 Å². The van der Waals surface area contributed by atoms with Crippen LogP contribution in [0.2, 0.25) is 0 Å². The molecule has 0 spiro atoms. The zero-order valence-corrected chi connectivity index (χ0v) is 17.9. The molecule has 2 atom stereocenters. The highest BCUT2D eigenvalue weighted by molar-refractivity contribution is 9.10. The third kappa shape index (κ3) is 4.25. The molecule has 0 fully saturated rings. The third-order valence-electron chi connectivity index (χ3n) is 5.11. The molecule has 10 heteroatoms. The average Bonchev–Trinajstić information content (AvgIpc) is 3.17. The van der Waals surface area contributed by atoms with Crippen molar-refractivity contribution < 1.29 is 22.7 Å². The van der Waals surface area contributed by atoms with Crippen LogP contribution in [0.3, 0.4) is 0 Å². The first kappa shape index (κ1) is 21.2. The quantitative estimate of drug-likeness (QED) is 0.497. The van der Waals surface area contributed by atoms with Crippen LogP contribution in [-0.2, 0) is 0 Å². The first-order valence-electron chi connectivity index (χ1n) is 9.38. The van der Waals surface area contributed by atoms with E-state index < -0.39 is 24.2 Å². The molecule has 1 aliphatic heterocycles. The van der Waals surface area contributed by atoms with Gasteiger partial charge in [-0.1, -0.05) is 40.2 Å². The van der Waals surface area contributed by atoms with Gasteiger partial charge in [0.05, 0.1) is 25.0 Å². The fourth-order valence-corrected chi connectivity index (χ4v) is 3.84. The van der Waals surface area contributed by atoms with Crippen molar-refractivity contribution in [3.8, 4) is 5.75 Å². The van der Waals surface area contributed by atoms with E-state index in [2.05, 4.69) is 31.7 Å². The van der Waals surface area contributed by atoms with Gasteiger partial charge in [-0.15, -0.1) is 0 Å². The summed E-state index contributed by atoms with van der Waals surface area (Å²) in [5, 5.41) is 9.64. The van der Waals surface area contributed by atoms with Crippen LogP contribution in [0, 0.1) is 0 Å². The molecule has 0 aliphatic carbocycles. The Hall–Kier alpha value is -3.01. The van der Waals surface area contributed by atoms with E-state index in [1.165, 1.54) is 7.11 Å². The number of amides is 1. The summed E-state index contributed by atoms with van der Waals surface area (Å²) >= 11 is 3.33. The molecule has 2 heterocycles. The van der Waals surface area contributed by atoms with Gasteiger partial charge in [0.1, 0.15) is 17.1 Å². The second-order valence-electron chi connectivity index (χ2n) is 7.05. The Morgan fingerprint density at radius 2 is 1.94 bits per heavy atom. The van der Waals surface area contributed by atoms with E-state index in [9.17, 15) is 18.0 Å². The number of anilines is 2. The minimum atomic E-state index is -4.52. The summed E-state index contributed by atoms with van der Waals surface area (Å²) in [4.78, 5) is 12.9. The van der Waals surface area contributed by atoms with Crippen LogP contribution >= 0.6 is 15.9 Å². The Morgan fingerprint density at radius 3 is 2.61 bits per heavy atom. The summed E-state index contributed by atoms with van der Waals surface area (Å²) < 4.78 is 48.3. The van der Waals surface area contributed by atoms with Crippen molar-refractivity contribution >= 4 is 33.3 Å². The molecule has 6 nitrogen and oxygen atoms in total. The minimum absolute atomic E-state index is 0.0157. The van der Waals surface area contributed by atoms with Crippen molar-refractivity contribution in [3.05, 3.63) is 70.3 Å². The number of alkyl halides is 3. The number of nitrogens with one attached hydrogen (secondary N) is 2. The smallest absolute Gasteiger partial charge is 0.410 e. The Bertz CT molecular complexity index is 1100. The van der Waals surface area contributed by atoms with Crippen LogP contribution in [-0.4, -0.2) is 29.0 Å². The van der Waals surface area contributed by atoms with Gasteiger partial charge >= 0.3 is 6.18 Å². The van der Waals surface area contributed by atoms with Crippen molar-refractivity contribution in [3.63, 3.8) is 0 Å². The van der Waals surface area contributed by atoms with Gasteiger partial charge in [0.15, 0.2) is 6.04 Å². The molecular formula is C21H18BrF3N4O2. The molecule has 0 radical (unpaired) electrons. The number of rotatable bonds is 4. The molecule has 4 rings (SSSR count). The number of nitrogens with zero attached hydrogens (tertiary/aromatic N) is 2. The summed E-state index contributed by atoms with van der Waals surface area (Å²) in [6.07, 6.45) is -3.62. The second kappa shape index (κ2) is 8.26. The van der Waals surface area contributed by atoms with Crippen molar-refractivity contribution in [1.82, 2.24) is 9.78 Å². The van der Waals surface area contributed by atoms with E-state index in [0.29, 0.717) is 17.0 Å². The van der Waals surface area contributed by atoms with Crippen LogP contribution in [0.4, 0.5) is 24.7 Å². The molecule has 31 heavy (non-hydrogen) atoms. The second-order valence-corrected chi connectivity index (χ2v) is 7.96. The van der Waals surface area contributed by atoms with E-state index in [-0.39, 0.29) is 17.8 Å². The zero-order chi connectivity index (χ0) is 22.2. The maximum absolute atomic E-state index is 13.8. The first-order chi connectivity index (χ1) is 14.8. The van der Waals surface area contributed by atoms with Gasteiger partial charge in [-0.2, -0.15) is 18.3 Å². The highest BCUT2D eigenvalue weighted by Crippen LogP contribution is 2.44. The lowest BCUT2D eigenvalue weighted by atomic mass is 9.96. The fraction of sp³-hybridized carbons (Fsp3) is 0.238. The van der Waals surface area contributed by atoms with Gasteiger partial charge in [-0.3, -0.25) is 4.79 Å². The molecule has 0 saturated heterocycles. The third-order valence-corrected chi connectivity index (χ3v) is 5.64. The summed E-state index contributed by atoms with van der Waals surface area (Å²) in [5.74, 6) is -0.129. The van der Waals surface area contributed by atoms with Crippen LogP contribution in [0.25, 0.3) is 0 Å². The first-order valence-corrected chi connectivity index (χ1v) is 10.2. The summed E-state index contributed by atoms with van der Waals surface area (Å²) in [5.41, 5.74) is 1.10. The van der Waals surface area contributed by atoms with Gasteiger partial charge in [-0.25, -0.2) is 4.68 Å². The van der Waals surface area contributed by atoms with Gasteiger partial charge in [-0.05, 0) is 29.8 Å². The van der Waals surface area contributed by atoms with Crippen LogP contribution < -0.4 is 15.4 Å². The van der Waals surface area contributed by atoms with Crippen molar-refractivity contribution in [2.75, 3.05) is 17.7 Å². The number of hydrogen-bond acceptors (Lipinski definition) is 4. The molecule has 0 saturated carbocycles. The van der Waals surface area contributed by atoms with Gasteiger partial charge in [0, 0.05) is 10.9 Å². The molecule has 2 N–H and O–H groups in total. The fourth-order valence-electron chi connectivity index (χ4n) is 3.58. The van der Waals surface area contributed by atoms with Crippen LogP contribution in [0.5, 0.6) is 5.75 Å². The molecule has 0 bridgehead atoms. The number of aromatic nitrogens is 2. The Labute approximate surface area is 184 Å². The maximum atomic E-state index is 13.8. The number of para-hydroxylation sites is 2. The number of carbonyl (C=O) groups excluding carboxylic acids is 1. The standard InChI is InChI=1S/C21H18BrF3N4O2/c1-31-17-5-3-2-4-15(17)28-20(30)14-11-26-29-18(21(23,24)25)10-16(27-19(14)29)12-6-8-13(22)9-7-12/h2-9,11,16,18,27H,10H2,1H3,(H,28,30)/t16-,18+/m0/s1. The largest absolute Gasteiger partial charge is 0.495 e. The maximum Gasteiger partial charge on any atom is 0.410 e. The average molecular weight is 495 g/mol. The van der Waals surface area contributed by atoms with E-state index in [1.807, 2.05) is 0 Å². The Kier molecular flexibility index (Phi) is 5.65. The van der Waals surface area contributed by atoms with Crippen LogP contribution in [0.15, 0.2) is 59.2 Å². The monoisotopic (exact) mass is 494 g/mol. The van der Waals surface area contributed by atoms with Gasteiger partial charge in [0.25, 0.3) is 5.91 Å². The lowest BCUT2D eigenvalue weighted by Gasteiger charge is -2.34.